The molecule has 0 spiro atoms. The lowest BCUT2D eigenvalue weighted by Gasteiger charge is -2.08. The van der Waals surface area contributed by atoms with Crippen LogP contribution in [0.4, 0.5) is 0 Å². The number of carbonyl (C=O) groups is 1. The zero-order valence-electron chi connectivity index (χ0n) is 14.7. The van der Waals surface area contributed by atoms with Gasteiger partial charge in [-0.25, -0.2) is 0 Å². The Hall–Kier alpha value is -3.28. The van der Waals surface area contributed by atoms with Crippen molar-refractivity contribution in [3.63, 3.8) is 0 Å². The van der Waals surface area contributed by atoms with Crippen LogP contribution in [0.5, 0.6) is 11.5 Å². The molecule has 0 N–H and O–H groups in total. The Bertz CT molecular complexity index is 908. The number of furan rings is 1. The Morgan fingerprint density at radius 1 is 1.19 bits per heavy atom. The van der Waals surface area contributed by atoms with Crippen molar-refractivity contribution >= 4 is 11.9 Å². The molecule has 6 heteroatoms. The maximum atomic E-state index is 12.2. The molecule has 0 aliphatic carbocycles. The normalized spacial score (nSPS) is 11.0. The van der Waals surface area contributed by atoms with Crippen molar-refractivity contribution in [2.45, 2.75) is 20.1 Å². The van der Waals surface area contributed by atoms with Crippen molar-refractivity contribution < 1.29 is 18.7 Å². The molecule has 3 aromatic rings. The summed E-state index contributed by atoms with van der Waals surface area (Å²) in [4.78, 5) is 12.2. The van der Waals surface area contributed by atoms with Crippen molar-refractivity contribution in [3.8, 4) is 11.5 Å². The summed E-state index contributed by atoms with van der Waals surface area (Å²) in [5.41, 5.74) is 0.551. The summed E-state index contributed by atoms with van der Waals surface area (Å²) < 4.78 is 18.3. The Morgan fingerprint density at radius 3 is 2.77 bits per heavy atom. The van der Waals surface area contributed by atoms with Gasteiger partial charge in [-0.05, 0) is 49.4 Å². The Balaban J connectivity index is 1.62. The Kier molecular flexibility index (Phi) is 5.53. The van der Waals surface area contributed by atoms with Gasteiger partial charge in [-0.15, -0.1) is 0 Å². The summed E-state index contributed by atoms with van der Waals surface area (Å²) in [6.07, 6.45) is 4.74. The van der Waals surface area contributed by atoms with E-state index in [0.717, 1.165) is 0 Å². The molecular weight excluding hydrogens is 332 g/mol. The number of benzene rings is 1. The van der Waals surface area contributed by atoms with Crippen LogP contribution in [0, 0.1) is 0 Å². The summed E-state index contributed by atoms with van der Waals surface area (Å²) in [5, 5.41) is 4.09. The van der Waals surface area contributed by atoms with Crippen LogP contribution in [0.1, 0.15) is 28.9 Å². The number of hydrogen-bond donors (Lipinski definition) is 0. The van der Waals surface area contributed by atoms with Gasteiger partial charge < -0.3 is 13.9 Å². The standard InChI is InChI=1S/C20H20N2O4/c1-3-22-17(12-13-21-22)18(23)11-10-15-8-9-16(26-15)14-25-20-7-5-4-6-19(20)24-2/h4-13H,3,14H2,1-2H3/b11-10+. The van der Waals surface area contributed by atoms with Gasteiger partial charge in [-0.2, -0.15) is 5.10 Å². The second-order valence-electron chi connectivity index (χ2n) is 5.47. The molecule has 0 unspecified atom stereocenters. The van der Waals surface area contributed by atoms with Gasteiger partial charge in [0, 0.05) is 12.7 Å². The third-order valence-electron chi connectivity index (χ3n) is 3.79. The van der Waals surface area contributed by atoms with Crippen molar-refractivity contribution in [1.82, 2.24) is 9.78 Å². The summed E-state index contributed by atoms with van der Waals surface area (Å²) in [6, 6.07) is 12.7. The molecule has 0 aliphatic rings. The largest absolute Gasteiger partial charge is 0.493 e. The molecule has 3 rings (SSSR count). The molecule has 2 heterocycles. The number of carbonyl (C=O) groups excluding carboxylic acids is 1. The molecule has 0 saturated heterocycles. The van der Waals surface area contributed by atoms with Crippen LogP contribution in [0.15, 0.2) is 59.2 Å². The number of rotatable bonds is 8. The molecule has 6 nitrogen and oxygen atoms in total. The highest BCUT2D eigenvalue weighted by Crippen LogP contribution is 2.26. The number of aromatic nitrogens is 2. The minimum Gasteiger partial charge on any atom is -0.493 e. The average Bonchev–Trinajstić information content (AvgIpc) is 3.33. The van der Waals surface area contributed by atoms with Gasteiger partial charge in [0.2, 0.25) is 5.78 Å². The van der Waals surface area contributed by atoms with Crippen LogP contribution in [-0.2, 0) is 13.2 Å². The quantitative estimate of drug-likeness (QED) is 0.453. The molecule has 0 fully saturated rings. The van der Waals surface area contributed by atoms with Crippen molar-refractivity contribution in [2.24, 2.45) is 0 Å². The summed E-state index contributed by atoms with van der Waals surface area (Å²) in [5.74, 6) is 2.43. The van der Waals surface area contributed by atoms with E-state index in [1.807, 2.05) is 37.3 Å². The van der Waals surface area contributed by atoms with Crippen molar-refractivity contribution in [1.29, 1.82) is 0 Å². The molecule has 26 heavy (non-hydrogen) atoms. The molecule has 134 valence electrons. The summed E-state index contributed by atoms with van der Waals surface area (Å²) in [6.45, 7) is 2.85. The molecule has 0 bridgehead atoms. The monoisotopic (exact) mass is 352 g/mol. The number of nitrogens with zero attached hydrogens (tertiary/aromatic N) is 2. The number of aryl methyl sites for hydroxylation is 1. The highest BCUT2D eigenvalue weighted by molar-refractivity contribution is 6.05. The van der Waals surface area contributed by atoms with Crippen LogP contribution in [0.3, 0.4) is 0 Å². The van der Waals surface area contributed by atoms with Gasteiger partial charge in [-0.3, -0.25) is 9.48 Å². The lowest BCUT2D eigenvalue weighted by atomic mass is 10.2. The fraction of sp³-hybridized carbons (Fsp3) is 0.200. The first-order valence-electron chi connectivity index (χ1n) is 8.30. The Morgan fingerprint density at radius 2 is 2.00 bits per heavy atom. The van der Waals surface area contributed by atoms with Gasteiger partial charge in [-0.1, -0.05) is 12.1 Å². The van der Waals surface area contributed by atoms with E-state index in [4.69, 9.17) is 13.9 Å². The number of para-hydroxylation sites is 2. The highest BCUT2D eigenvalue weighted by atomic mass is 16.5. The lowest BCUT2D eigenvalue weighted by molar-refractivity contribution is 0.103. The zero-order valence-corrected chi connectivity index (χ0v) is 14.7. The second kappa shape index (κ2) is 8.20. The molecule has 0 saturated carbocycles. The van der Waals surface area contributed by atoms with E-state index in [0.29, 0.717) is 35.3 Å². The van der Waals surface area contributed by atoms with E-state index in [1.165, 1.54) is 6.08 Å². The summed E-state index contributed by atoms with van der Waals surface area (Å²) >= 11 is 0. The molecule has 0 atom stereocenters. The predicted octanol–water partition coefficient (Wildman–Crippen LogP) is 3.98. The molecule has 0 radical (unpaired) electrons. The van der Waals surface area contributed by atoms with E-state index in [1.54, 1.807) is 36.2 Å². The number of allylic oxidation sites excluding steroid dienone is 1. The number of ether oxygens (including phenoxy) is 2. The predicted molar refractivity (Wildman–Crippen MR) is 97.3 cm³/mol. The zero-order chi connectivity index (χ0) is 18.4. The molecule has 0 amide bonds. The van der Waals surface area contributed by atoms with Gasteiger partial charge in [0.05, 0.1) is 7.11 Å². The van der Waals surface area contributed by atoms with Crippen LogP contribution in [-0.4, -0.2) is 22.7 Å². The van der Waals surface area contributed by atoms with E-state index in [9.17, 15) is 4.79 Å². The van der Waals surface area contributed by atoms with Gasteiger partial charge >= 0.3 is 0 Å². The second-order valence-corrected chi connectivity index (χ2v) is 5.47. The van der Waals surface area contributed by atoms with E-state index >= 15 is 0 Å². The summed E-state index contributed by atoms with van der Waals surface area (Å²) in [7, 11) is 1.60. The first-order valence-corrected chi connectivity index (χ1v) is 8.30. The Labute approximate surface area is 151 Å². The van der Waals surface area contributed by atoms with Gasteiger partial charge in [0.25, 0.3) is 0 Å². The van der Waals surface area contributed by atoms with Crippen LogP contribution in [0.2, 0.25) is 0 Å². The fourth-order valence-corrected chi connectivity index (χ4v) is 2.49. The van der Waals surface area contributed by atoms with Crippen LogP contribution < -0.4 is 9.47 Å². The van der Waals surface area contributed by atoms with Gasteiger partial charge in [0.15, 0.2) is 11.5 Å². The van der Waals surface area contributed by atoms with Crippen LogP contribution >= 0.6 is 0 Å². The molecule has 2 aromatic heterocycles. The molecular formula is C20H20N2O4. The smallest absolute Gasteiger partial charge is 0.203 e. The highest BCUT2D eigenvalue weighted by Gasteiger charge is 2.09. The first-order chi connectivity index (χ1) is 12.7. The molecule has 1 aromatic carbocycles. The van der Waals surface area contributed by atoms with Gasteiger partial charge in [0.1, 0.15) is 23.8 Å². The van der Waals surface area contributed by atoms with E-state index in [-0.39, 0.29) is 12.4 Å². The molecule has 0 aliphatic heterocycles. The minimum atomic E-state index is -0.118. The maximum Gasteiger partial charge on any atom is 0.203 e. The average molecular weight is 352 g/mol. The SMILES string of the molecule is CCn1nccc1C(=O)/C=C/c1ccc(COc2ccccc2OC)o1. The number of methoxy groups -OCH3 is 1. The number of ketones is 1. The lowest BCUT2D eigenvalue weighted by Crippen LogP contribution is -2.07. The third-order valence-corrected chi connectivity index (χ3v) is 3.79. The van der Waals surface area contributed by atoms with Crippen molar-refractivity contribution in [2.75, 3.05) is 7.11 Å². The van der Waals surface area contributed by atoms with E-state index in [2.05, 4.69) is 5.10 Å². The maximum absolute atomic E-state index is 12.2. The topological polar surface area (TPSA) is 66.5 Å². The van der Waals surface area contributed by atoms with Crippen molar-refractivity contribution in [3.05, 3.63) is 72.0 Å². The van der Waals surface area contributed by atoms with Crippen LogP contribution in [0.25, 0.3) is 6.08 Å². The van der Waals surface area contributed by atoms with E-state index < -0.39 is 0 Å². The first kappa shape index (κ1) is 17.5. The number of hydrogen-bond acceptors (Lipinski definition) is 5. The minimum absolute atomic E-state index is 0.118. The third kappa shape index (κ3) is 4.03. The fourth-order valence-electron chi connectivity index (χ4n) is 2.49.